The summed E-state index contributed by atoms with van der Waals surface area (Å²) in [6.07, 6.45) is 5.96. The highest BCUT2D eigenvalue weighted by molar-refractivity contribution is 5.65. The standard InChI is InChI=1S/C13H15N/c1-14-9-8-13(10-14)7-6-11-4-2-3-5-12(11)13/h2-7H,8-10H2,1H3. The van der Waals surface area contributed by atoms with Crippen LogP contribution in [-0.4, -0.2) is 25.0 Å². The first-order valence-electron chi connectivity index (χ1n) is 5.27. The van der Waals surface area contributed by atoms with Crippen LogP contribution >= 0.6 is 0 Å². The summed E-state index contributed by atoms with van der Waals surface area (Å²) < 4.78 is 0. The van der Waals surface area contributed by atoms with Gasteiger partial charge in [-0.1, -0.05) is 36.4 Å². The van der Waals surface area contributed by atoms with Gasteiger partial charge in [-0.2, -0.15) is 0 Å². The van der Waals surface area contributed by atoms with Gasteiger partial charge in [0.15, 0.2) is 0 Å². The molecule has 0 saturated carbocycles. The third kappa shape index (κ3) is 0.992. The molecule has 1 atom stereocenters. The highest BCUT2D eigenvalue weighted by atomic mass is 15.1. The number of benzene rings is 1. The van der Waals surface area contributed by atoms with Gasteiger partial charge in [-0.25, -0.2) is 0 Å². The minimum absolute atomic E-state index is 0.339. The molecule has 0 N–H and O–H groups in total. The summed E-state index contributed by atoms with van der Waals surface area (Å²) in [7, 11) is 2.21. The lowest BCUT2D eigenvalue weighted by Gasteiger charge is -2.23. The molecular formula is C13H15N. The van der Waals surface area contributed by atoms with E-state index in [1.807, 2.05) is 0 Å². The Hall–Kier alpha value is -1.08. The minimum Gasteiger partial charge on any atom is -0.305 e. The summed E-state index contributed by atoms with van der Waals surface area (Å²) in [4.78, 5) is 2.42. The zero-order chi connectivity index (χ0) is 9.60. The van der Waals surface area contributed by atoms with Crippen molar-refractivity contribution in [2.75, 3.05) is 20.1 Å². The fourth-order valence-corrected chi connectivity index (χ4v) is 2.82. The molecule has 1 aliphatic carbocycles. The summed E-state index contributed by atoms with van der Waals surface area (Å²) >= 11 is 0. The number of rotatable bonds is 0. The molecule has 1 fully saturated rings. The summed E-state index contributed by atoms with van der Waals surface area (Å²) in [6, 6.07) is 8.79. The fraction of sp³-hybridized carbons (Fsp3) is 0.385. The minimum atomic E-state index is 0.339. The molecule has 0 bridgehead atoms. The third-order valence-corrected chi connectivity index (χ3v) is 3.57. The summed E-state index contributed by atoms with van der Waals surface area (Å²) in [6.45, 7) is 2.40. The smallest absolute Gasteiger partial charge is 0.0280 e. The topological polar surface area (TPSA) is 3.24 Å². The van der Waals surface area contributed by atoms with Gasteiger partial charge in [0.05, 0.1) is 0 Å². The first-order valence-corrected chi connectivity index (χ1v) is 5.27. The molecular weight excluding hydrogens is 170 g/mol. The van der Waals surface area contributed by atoms with Crippen LogP contribution in [0.15, 0.2) is 30.3 Å². The van der Waals surface area contributed by atoms with Crippen LogP contribution in [0.4, 0.5) is 0 Å². The van der Waals surface area contributed by atoms with Crippen LogP contribution in [-0.2, 0) is 5.41 Å². The maximum absolute atomic E-state index is 2.42. The average Bonchev–Trinajstić information content (AvgIpc) is 2.75. The van der Waals surface area contributed by atoms with E-state index in [0.29, 0.717) is 5.41 Å². The Balaban J connectivity index is 2.09. The zero-order valence-electron chi connectivity index (χ0n) is 8.53. The predicted molar refractivity (Wildman–Crippen MR) is 59.3 cm³/mol. The van der Waals surface area contributed by atoms with E-state index in [9.17, 15) is 0 Å². The Morgan fingerprint density at radius 2 is 2.14 bits per heavy atom. The third-order valence-electron chi connectivity index (χ3n) is 3.57. The van der Waals surface area contributed by atoms with Gasteiger partial charge >= 0.3 is 0 Å². The Kier molecular flexibility index (Phi) is 1.59. The maximum atomic E-state index is 2.42. The van der Waals surface area contributed by atoms with Gasteiger partial charge in [0.25, 0.3) is 0 Å². The van der Waals surface area contributed by atoms with Crippen LogP contribution in [0.1, 0.15) is 17.5 Å². The molecule has 1 nitrogen and oxygen atoms in total. The van der Waals surface area contributed by atoms with E-state index in [1.54, 1.807) is 0 Å². The van der Waals surface area contributed by atoms with Crippen LogP contribution in [0.3, 0.4) is 0 Å². The van der Waals surface area contributed by atoms with Crippen molar-refractivity contribution in [2.45, 2.75) is 11.8 Å². The molecule has 1 saturated heterocycles. The van der Waals surface area contributed by atoms with Gasteiger partial charge in [0.1, 0.15) is 0 Å². The van der Waals surface area contributed by atoms with E-state index in [-0.39, 0.29) is 0 Å². The second kappa shape index (κ2) is 2.71. The second-order valence-corrected chi connectivity index (χ2v) is 4.56. The number of fused-ring (bicyclic) bond motifs is 2. The molecule has 1 aliphatic heterocycles. The number of likely N-dealkylation sites (tertiary alicyclic amines) is 1. The first kappa shape index (κ1) is 8.25. The molecule has 14 heavy (non-hydrogen) atoms. The molecule has 0 radical (unpaired) electrons. The quantitative estimate of drug-likeness (QED) is 0.599. The van der Waals surface area contributed by atoms with Gasteiger partial charge in [-0.05, 0) is 31.1 Å². The van der Waals surface area contributed by atoms with Crippen molar-refractivity contribution in [1.82, 2.24) is 4.90 Å². The Morgan fingerprint density at radius 1 is 1.29 bits per heavy atom. The molecule has 2 aliphatic rings. The lowest BCUT2D eigenvalue weighted by molar-refractivity contribution is 0.396. The molecule has 0 amide bonds. The summed E-state index contributed by atoms with van der Waals surface area (Å²) in [5, 5.41) is 0. The monoisotopic (exact) mass is 185 g/mol. The number of likely N-dealkylation sites (N-methyl/N-ethyl adjacent to an activating group) is 1. The molecule has 1 heterocycles. The average molecular weight is 185 g/mol. The molecule has 1 heteroatoms. The van der Waals surface area contributed by atoms with Crippen LogP contribution < -0.4 is 0 Å². The summed E-state index contributed by atoms with van der Waals surface area (Å²) in [5.74, 6) is 0. The van der Waals surface area contributed by atoms with Crippen molar-refractivity contribution in [3.8, 4) is 0 Å². The van der Waals surface area contributed by atoms with Crippen molar-refractivity contribution < 1.29 is 0 Å². The van der Waals surface area contributed by atoms with Crippen molar-refractivity contribution in [3.63, 3.8) is 0 Å². The van der Waals surface area contributed by atoms with E-state index in [4.69, 9.17) is 0 Å². The SMILES string of the molecule is CN1CCC2(C=Cc3ccccc32)C1. The van der Waals surface area contributed by atoms with Gasteiger partial charge in [0.2, 0.25) is 0 Å². The van der Waals surface area contributed by atoms with Crippen LogP contribution in [0.25, 0.3) is 6.08 Å². The molecule has 72 valence electrons. The van der Waals surface area contributed by atoms with E-state index in [1.165, 1.54) is 30.6 Å². The van der Waals surface area contributed by atoms with E-state index in [0.717, 1.165) is 0 Å². The predicted octanol–water partition coefficient (Wildman–Crippen LogP) is 2.29. The number of hydrogen-bond donors (Lipinski definition) is 0. The molecule has 0 aromatic heterocycles. The fourth-order valence-electron chi connectivity index (χ4n) is 2.82. The number of hydrogen-bond acceptors (Lipinski definition) is 1. The molecule has 3 rings (SSSR count). The molecule has 1 aromatic rings. The van der Waals surface area contributed by atoms with Crippen LogP contribution in [0.5, 0.6) is 0 Å². The first-order chi connectivity index (χ1) is 6.80. The van der Waals surface area contributed by atoms with Gasteiger partial charge in [0, 0.05) is 12.0 Å². The van der Waals surface area contributed by atoms with Gasteiger partial charge in [-0.15, -0.1) is 0 Å². The largest absolute Gasteiger partial charge is 0.305 e. The van der Waals surface area contributed by atoms with Crippen molar-refractivity contribution in [3.05, 3.63) is 41.5 Å². The Morgan fingerprint density at radius 3 is 2.93 bits per heavy atom. The van der Waals surface area contributed by atoms with Gasteiger partial charge in [-0.3, -0.25) is 0 Å². The Bertz CT molecular complexity index is 394. The lowest BCUT2D eigenvalue weighted by Crippen LogP contribution is -2.25. The molecule has 1 aromatic carbocycles. The van der Waals surface area contributed by atoms with Gasteiger partial charge < -0.3 is 4.90 Å². The van der Waals surface area contributed by atoms with Crippen molar-refractivity contribution in [1.29, 1.82) is 0 Å². The van der Waals surface area contributed by atoms with E-state index >= 15 is 0 Å². The zero-order valence-corrected chi connectivity index (χ0v) is 8.53. The maximum Gasteiger partial charge on any atom is 0.0280 e. The van der Waals surface area contributed by atoms with Crippen LogP contribution in [0, 0.1) is 0 Å². The molecule has 1 spiro atoms. The molecule has 1 unspecified atom stereocenters. The summed E-state index contributed by atoms with van der Waals surface area (Å²) in [5.41, 5.74) is 3.29. The highest BCUT2D eigenvalue weighted by Gasteiger charge is 2.39. The van der Waals surface area contributed by atoms with E-state index < -0.39 is 0 Å². The van der Waals surface area contributed by atoms with Crippen molar-refractivity contribution >= 4 is 6.08 Å². The lowest BCUT2D eigenvalue weighted by atomic mass is 9.82. The normalized spacial score (nSPS) is 30.1. The second-order valence-electron chi connectivity index (χ2n) is 4.56. The highest BCUT2D eigenvalue weighted by Crippen LogP contribution is 2.42. The number of nitrogens with zero attached hydrogens (tertiary/aromatic N) is 1. The van der Waals surface area contributed by atoms with Crippen LogP contribution in [0.2, 0.25) is 0 Å². The van der Waals surface area contributed by atoms with Crippen molar-refractivity contribution in [2.24, 2.45) is 0 Å². The Labute approximate surface area is 85.0 Å². The van der Waals surface area contributed by atoms with E-state index in [2.05, 4.69) is 48.4 Å².